The van der Waals surface area contributed by atoms with Gasteiger partial charge in [0.1, 0.15) is 0 Å². The van der Waals surface area contributed by atoms with E-state index in [2.05, 4.69) is 35.1 Å². The number of carbonyl (C=O) groups is 2. The minimum Gasteiger partial charge on any atom is -0.490 e. The van der Waals surface area contributed by atoms with E-state index in [1.807, 2.05) is 37.8 Å². The maximum Gasteiger partial charge on any atom is 0.252 e. The maximum atomic E-state index is 13.9. The molecule has 1 aromatic carbocycles. The summed E-state index contributed by atoms with van der Waals surface area (Å²) in [6, 6.07) is 3.93. The predicted molar refractivity (Wildman–Crippen MR) is 141 cm³/mol. The minimum absolute atomic E-state index is 0.0202. The molecular weight excluding hydrogens is 508 g/mol. The van der Waals surface area contributed by atoms with Gasteiger partial charge in [-0.1, -0.05) is 13.8 Å². The van der Waals surface area contributed by atoms with Gasteiger partial charge in [-0.3, -0.25) is 9.59 Å². The number of dihydropyridines is 1. The number of hydrogen-bond acceptors (Lipinski definition) is 5. The van der Waals surface area contributed by atoms with Gasteiger partial charge in [-0.2, -0.15) is 0 Å². The monoisotopic (exact) mass is 544 g/mol. The summed E-state index contributed by atoms with van der Waals surface area (Å²) in [6.07, 6.45) is 4.41. The molecule has 1 atom stereocenters. The standard InChI is InChI=1S/C28H37BrN2O4/c1-6-34-22-14-18(13-19(29)26(22)35-7-2)24-23(27(33)31-11-9-8-10-12-31)17(3)30-20-15-28(4,5)16-21(32)25(20)24/h13-14,24,30H,6-12,15-16H2,1-5H3/t24-/m1/s1. The summed E-state index contributed by atoms with van der Waals surface area (Å²) in [5.74, 6) is 0.933. The summed E-state index contributed by atoms with van der Waals surface area (Å²) in [7, 11) is 0. The lowest BCUT2D eigenvalue weighted by atomic mass is 9.68. The highest BCUT2D eigenvalue weighted by molar-refractivity contribution is 9.10. The first kappa shape index (κ1) is 25.8. The molecule has 190 valence electrons. The molecule has 2 aliphatic heterocycles. The van der Waals surface area contributed by atoms with Crippen molar-refractivity contribution >= 4 is 27.6 Å². The summed E-state index contributed by atoms with van der Waals surface area (Å²) in [6.45, 7) is 12.6. The average Bonchev–Trinajstić information content (AvgIpc) is 2.79. The number of ether oxygens (including phenoxy) is 2. The first-order valence-corrected chi connectivity index (χ1v) is 13.6. The Morgan fingerprint density at radius 1 is 1.11 bits per heavy atom. The third-order valence-electron chi connectivity index (χ3n) is 7.07. The van der Waals surface area contributed by atoms with Crippen molar-refractivity contribution in [3.63, 3.8) is 0 Å². The second-order valence-corrected chi connectivity index (χ2v) is 11.3. The molecule has 1 amide bonds. The molecule has 7 heteroatoms. The number of piperidine rings is 1. The quantitative estimate of drug-likeness (QED) is 0.485. The number of benzene rings is 1. The molecule has 3 aliphatic rings. The third kappa shape index (κ3) is 5.16. The van der Waals surface area contributed by atoms with Crippen LogP contribution in [0.15, 0.2) is 39.1 Å². The van der Waals surface area contributed by atoms with Gasteiger partial charge in [0.25, 0.3) is 5.91 Å². The highest BCUT2D eigenvalue weighted by Crippen LogP contribution is 2.49. The van der Waals surface area contributed by atoms with Gasteiger partial charge in [0.15, 0.2) is 17.3 Å². The molecule has 0 aromatic heterocycles. The van der Waals surface area contributed by atoms with Gasteiger partial charge in [0.2, 0.25) is 0 Å². The molecule has 0 bridgehead atoms. The number of nitrogens with zero attached hydrogens (tertiary/aromatic N) is 1. The van der Waals surface area contributed by atoms with E-state index in [0.29, 0.717) is 42.3 Å². The Morgan fingerprint density at radius 3 is 2.46 bits per heavy atom. The largest absolute Gasteiger partial charge is 0.490 e. The molecule has 1 aromatic rings. The van der Waals surface area contributed by atoms with E-state index in [0.717, 1.165) is 60.2 Å². The van der Waals surface area contributed by atoms with Crippen molar-refractivity contribution in [3.05, 3.63) is 44.7 Å². The number of rotatable bonds is 6. The smallest absolute Gasteiger partial charge is 0.252 e. The molecule has 6 nitrogen and oxygen atoms in total. The van der Waals surface area contributed by atoms with E-state index >= 15 is 0 Å². The van der Waals surface area contributed by atoms with E-state index in [9.17, 15) is 9.59 Å². The number of ketones is 1. The lowest BCUT2D eigenvalue weighted by Gasteiger charge is -2.41. The molecule has 0 radical (unpaired) electrons. The van der Waals surface area contributed by atoms with Gasteiger partial charge in [-0.05, 0) is 85.5 Å². The van der Waals surface area contributed by atoms with Crippen molar-refractivity contribution in [2.45, 2.75) is 72.6 Å². The summed E-state index contributed by atoms with van der Waals surface area (Å²) in [4.78, 5) is 29.5. The summed E-state index contributed by atoms with van der Waals surface area (Å²) in [5, 5.41) is 3.48. The Morgan fingerprint density at radius 2 is 1.80 bits per heavy atom. The molecule has 1 aliphatic carbocycles. The number of nitrogens with one attached hydrogen (secondary N) is 1. The van der Waals surface area contributed by atoms with Gasteiger partial charge in [-0.25, -0.2) is 0 Å². The summed E-state index contributed by atoms with van der Waals surface area (Å²) < 4.78 is 12.6. The van der Waals surface area contributed by atoms with E-state index in [-0.39, 0.29) is 17.1 Å². The normalized spacial score (nSPS) is 22.1. The van der Waals surface area contributed by atoms with E-state index < -0.39 is 5.92 Å². The molecule has 2 heterocycles. The fourth-order valence-corrected chi connectivity index (χ4v) is 6.20. The first-order valence-electron chi connectivity index (χ1n) is 12.8. The average molecular weight is 546 g/mol. The van der Waals surface area contributed by atoms with Crippen LogP contribution in [-0.4, -0.2) is 42.9 Å². The Kier molecular flexibility index (Phi) is 7.65. The molecule has 1 fully saturated rings. The van der Waals surface area contributed by atoms with Gasteiger partial charge < -0.3 is 19.7 Å². The van der Waals surface area contributed by atoms with Gasteiger partial charge in [0.05, 0.1) is 17.7 Å². The third-order valence-corrected chi connectivity index (χ3v) is 7.66. The lowest BCUT2D eigenvalue weighted by molar-refractivity contribution is -0.128. The maximum absolute atomic E-state index is 13.9. The van der Waals surface area contributed by atoms with Crippen LogP contribution < -0.4 is 14.8 Å². The van der Waals surface area contributed by atoms with E-state index in [1.165, 1.54) is 0 Å². The van der Waals surface area contributed by atoms with Crippen molar-refractivity contribution < 1.29 is 19.1 Å². The highest BCUT2D eigenvalue weighted by Gasteiger charge is 2.44. The van der Waals surface area contributed by atoms with Gasteiger partial charge >= 0.3 is 0 Å². The van der Waals surface area contributed by atoms with Crippen LogP contribution in [0, 0.1) is 5.41 Å². The first-order chi connectivity index (χ1) is 16.7. The molecular formula is C28H37BrN2O4. The molecule has 0 unspecified atom stereocenters. The number of amides is 1. The highest BCUT2D eigenvalue weighted by atomic mass is 79.9. The van der Waals surface area contributed by atoms with Crippen LogP contribution in [0.25, 0.3) is 0 Å². The fourth-order valence-electron chi connectivity index (χ4n) is 5.62. The van der Waals surface area contributed by atoms with Crippen LogP contribution in [0.1, 0.15) is 78.2 Å². The van der Waals surface area contributed by atoms with Crippen LogP contribution in [-0.2, 0) is 9.59 Å². The molecule has 0 spiro atoms. The van der Waals surface area contributed by atoms with Crippen molar-refractivity contribution in [3.8, 4) is 11.5 Å². The van der Waals surface area contributed by atoms with Crippen molar-refractivity contribution in [2.75, 3.05) is 26.3 Å². The minimum atomic E-state index is -0.449. The van der Waals surface area contributed by atoms with Crippen molar-refractivity contribution in [1.82, 2.24) is 10.2 Å². The Labute approximate surface area is 217 Å². The predicted octanol–water partition coefficient (Wildman–Crippen LogP) is 5.86. The number of carbonyl (C=O) groups excluding carboxylic acids is 2. The number of Topliss-reactive ketones (excluding diaryl/α,β-unsaturated/α-hetero) is 1. The van der Waals surface area contributed by atoms with Gasteiger partial charge in [-0.15, -0.1) is 0 Å². The van der Waals surface area contributed by atoms with E-state index in [1.54, 1.807) is 0 Å². The van der Waals surface area contributed by atoms with Crippen LogP contribution in [0.3, 0.4) is 0 Å². The SMILES string of the molecule is CCOc1cc([C@@H]2C(C(=O)N3CCCCC3)=C(C)NC3=C2C(=O)CC(C)(C)C3)cc(Br)c1OCC. The number of halogens is 1. The Hall–Kier alpha value is -2.28. The lowest BCUT2D eigenvalue weighted by Crippen LogP contribution is -2.43. The zero-order valence-electron chi connectivity index (χ0n) is 21.6. The molecule has 0 saturated carbocycles. The second kappa shape index (κ2) is 10.4. The zero-order chi connectivity index (χ0) is 25.3. The van der Waals surface area contributed by atoms with Crippen LogP contribution in [0.4, 0.5) is 0 Å². The zero-order valence-corrected chi connectivity index (χ0v) is 23.1. The summed E-state index contributed by atoms with van der Waals surface area (Å²) >= 11 is 3.67. The van der Waals surface area contributed by atoms with Gasteiger partial charge in [0, 0.05) is 48.0 Å². The van der Waals surface area contributed by atoms with Crippen LogP contribution >= 0.6 is 15.9 Å². The molecule has 1 N–H and O–H groups in total. The molecule has 1 saturated heterocycles. The van der Waals surface area contributed by atoms with Crippen molar-refractivity contribution in [1.29, 1.82) is 0 Å². The number of allylic oxidation sites excluding steroid dienone is 3. The number of hydrogen-bond donors (Lipinski definition) is 1. The van der Waals surface area contributed by atoms with E-state index in [4.69, 9.17) is 9.47 Å². The van der Waals surface area contributed by atoms with Crippen molar-refractivity contribution in [2.24, 2.45) is 5.41 Å². The topological polar surface area (TPSA) is 67.9 Å². The Balaban J connectivity index is 1.89. The molecule has 35 heavy (non-hydrogen) atoms. The number of likely N-dealkylation sites (tertiary alicyclic amines) is 1. The van der Waals surface area contributed by atoms with Crippen LogP contribution in [0.2, 0.25) is 0 Å². The Bertz CT molecular complexity index is 1080. The fraction of sp³-hybridized carbons (Fsp3) is 0.571. The second-order valence-electron chi connectivity index (χ2n) is 10.5. The molecule has 4 rings (SSSR count). The van der Waals surface area contributed by atoms with Crippen LogP contribution in [0.5, 0.6) is 11.5 Å². The summed E-state index contributed by atoms with van der Waals surface area (Å²) in [5.41, 5.74) is 3.89.